The maximum absolute atomic E-state index is 12.9. The Hall–Kier alpha value is -3.34. The van der Waals surface area contributed by atoms with Crippen molar-refractivity contribution in [3.8, 4) is 0 Å². The Morgan fingerprint density at radius 1 is 0.403 bits per heavy atom. The van der Waals surface area contributed by atoms with Gasteiger partial charge in [0.1, 0.15) is 12.7 Å². The van der Waals surface area contributed by atoms with E-state index < -0.39 is 57.8 Å². The molecule has 0 fully saturated rings. The van der Waals surface area contributed by atoms with Crippen molar-refractivity contribution in [2.45, 2.75) is 251 Å². The third-order valence-corrected chi connectivity index (χ3v) is 12.7. The van der Waals surface area contributed by atoms with Crippen molar-refractivity contribution < 1.29 is 52.2 Å². The first-order chi connectivity index (χ1) is 35.2. The summed E-state index contributed by atoms with van der Waals surface area (Å²) < 4.78 is 39.5. The SMILES string of the molecule is CC/C=C\C/C=C\C/C=C\CCCCCCCCCC(=O)OC(COC(=O)CCCCCCC/C=C\C/C=C\CCC)COP(=O)(O)OCC(CO)OC(=O)CCCCCCC/C=C\C/C=C\CCCCC. The minimum absolute atomic E-state index is 0.149. The number of ether oxygens (including phenoxy) is 3. The molecule has 72 heavy (non-hydrogen) atoms. The molecule has 0 bridgehead atoms. The first-order valence-electron chi connectivity index (χ1n) is 28.5. The zero-order chi connectivity index (χ0) is 52.7. The molecule has 0 saturated carbocycles. The number of aliphatic hydroxyl groups excluding tert-OH is 1. The van der Waals surface area contributed by atoms with Gasteiger partial charge in [0, 0.05) is 19.3 Å². The molecule has 12 heteroatoms. The van der Waals surface area contributed by atoms with Crippen LogP contribution < -0.4 is 0 Å². The molecule has 2 N–H and O–H groups in total. The number of hydrogen-bond donors (Lipinski definition) is 2. The molecule has 0 aromatic rings. The fraction of sp³-hybridized carbons (Fsp3) is 0.717. The Balaban J connectivity index is 4.76. The lowest BCUT2D eigenvalue weighted by atomic mass is 10.1. The van der Waals surface area contributed by atoms with Crippen LogP contribution in [0.25, 0.3) is 0 Å². The summed E-state index contributed by atoms with van der Waals surface area (Å²) in [6.07, 6.45) is 61.1. The van der Waals surface area contributed by atoms with Gasteiger partial charge in [0.25, 0.3) is 0 Å². The maximum atomic E-state index is 12.9. The Bertz CT molecular complexity index is 1530. The molecular weight excluding hydrogens is 928 g/mol. The molecule has 0 aromatic heterocycles. The molecule has 0 amide bonds. The Kier molecular flexibility index (Phi) is 51.4. The van der Waals surface area contributed by atoms with E-state index in [0.29, 0.717) is 19.3 Å². The summed E-state index contributed by atoms with van der Waals surface area (Å²) in [6.45, 7) is 4.40. The molecule has 0 aliphatic carbocycles. The predicted molar refractivity (Wildman–Crippen MR) is 298 cm³/mol. The average molecular weight is 1030 g/mol. The highest BCUT2D eigenvalue weighted by atomic mass is 31.2. The first kappa shape index (κ1) is 68.7. The van der Waals surface area contributed by atoms with Gasteiger partial charge >= 0.3 is 25.7 Å². The van der Waals surface area contributed by atoms with Crippen LogP contribution in [-0.2, 0) is 42.2 Å². The Morgan fingerprint density at radius 3 is 1.17 bits per heavy atom. The summed E-state index contributed by atoms with van der Waals surface area (Å²) in [5.74, 6) is -1.51. The highest BCUT2D eigenvalue weighted by Gasteiger charge is 2.28. The summed E-state index contributed by atoms with van der Waals surface area (Å²) in [6, 6.07) is 0. The molecular formula is C60H103O11P. The number of phosphoric ester groups is 1. The van der Waals surface area contributed by atoms with Crippen LogP contribution in [-0.4, -0.2) is 66.5 Å². The van der Waals surface area contributed by atoms with Crippen LogP contribution in [0.2, 0.25) is 0 Å². The minimum Gasteiger partial charge on any atom is -0.462 e. The van der Waals surface area contributed by atoms with Gasteiger partial charge in [-0.15, -0.1) is 0 Å². The largest absolute Gasteiger partial charge is 0.472 e. The van der Waals surface area contributed by atoms with E-state index in [-0.39, 0.29) is 25.9 Å². The highest BCUT2D eigenvalue weighted by molar-refractivity contribution is 7.47. The van der Waals surface area contributed by atoms with Gasteiger partial charge in [0.05, 0.1) is 19.8 Å². The molecule has 0 radical (unpaired) electrons. The van der Waals surface area contributed by atoms with Crippen molar-refractivity contribution in [1.29, 1.82) is 0 Å². The second-order valence-corrected chi connectivity index (χ2v) is 20.2. The topological polar surface area (TPSA) is 155 Å². The van der Waals surface area contributed by atoms with E-state index in [4.69, 9.17) is 23.3 Å². The molecule has 0 aromatic carbocycles. The van der Waals surface area contributed by atoms with Gasteiger partial charge < -0.3 is 24.2 Å². The number of rotatable bonds is 52. The molecule has 0 rings (SSSR count). The molecule has 11 nitrogen and oxygen atoms in total. The van der Waals surface area contributed by atoms with Crippen LogP contribution in [0.1, 0.15) is 239 Å². The highest BCUT2D eigenvalue weighted by Crippen LogP contribution is 2.43. The van der Waals surface area contributed by atoms with E-state index in [1.165, 1.54) is 32.1 Å². The van der Waals surface area contributed by atoms with Crippen LogP contribution in [0, 0.1) is 0 Å². The number of carbonyl (C=O) groups excluding carboxylic acids is 3. The van der Waals surface area contributed by atoms with Crippen LogP contribution >= 0.6 is 7.82 Å². The lowest BCUT2D eigenvalue weighted by Crippen LogP contribution is -2.30. The zero-order valence-corrected chi connectivity index (χ0v) is 46.5. The van der Waals surface area contributed by atoms with Crippen LogP contribution in [0.5, 0.6) is 0 Å². The van der Waals surface area contributed by atoms with E-state index >= 15 is 0 Å². The zero-order valence-electron chi connectivity index (χ0n) is 45.6. The summed E-state index contributed by atoms with van der Waals surface area (Å²) in [5.41, 5.74) is 0. The Labute approximate surface area is 439 Å². The summed E-state index contributed by atoms with van der Waals surface area (Å²) in [4.78, 5) is 48.5. The number of phosphoric acid groups is 1. The van der Waals surface area contributed by atoms with Crippen molar-refractivity contribution in [1.82, 2.24) is 0 Å². The van der Waals surface area contributed by atoms with Crippen LogP contribution in [0.15, 0.2) is 85.1 Å². The van der Waals surface area contributed by atoms with Gasteiger partial charge in [-0.1, -0.05) is 196 Å². The second kappa shape index (κ2) is 53.9. The van der Waals surface area contributed by atoms with Crippen LogP contribution in [0.4, 0.5) is 0 Å². The number of aliphatic hydroxyl groups is 1. The lowest BCUT2D eigenvalue weighted by Gasteiger charge is -2.21. The number of allylic oxidation sites excluding steroid dienone is 14. The first-order valence-corrected chi connectivity index (χ1v) is 30.0. The Morgan fingerprint density at radius 2 is 0.750 bits per heavy atom. The van der Waals surface area contributed by atoms with Gasteiger partial charge in [-0.3, -0.25) is 23.4 Å². The predicted octanol–water partition coefficient (Wildman–Crippen LogP) is 16.7. The van der Waals surface area contributed by atoms with Crippen molar-refractivity contribution >= 4 is 25.7 Å². The number of unbranched alkanes of at least 4 members (excludes halogenated alkanes) is 21. The molecule has 0 saturated heterocycles. The fourth-order valence-corrected chi connectivity index (χ4v) is 8.22. The average Bonchev–Trinajstić information content (AvgIpc) is 3.37. The second-order valence-electron chi connectivity index (χ2n) is 18.7. The molecule has 0 spiro atoms. The normalized spacial score (nSPS) is 14.0. The lowest BCUT2D eigenvalue weighted by molar-refractivity contribution is -0.161. The van der Waals surface area contributed by atoms with Gasteiger partial charge in [0.2, 0.25) is 0 Å². The molecule has 3 unspecified atom stereocenters. The molecule has 0 aliphatic heterocycles. The fourth-order valence-electron chi connectivity index (χ4n) is 7.44. The van der Waals surface area contributed by atoms with E-state index in [0.717, 1.165) is 148 Å². The molecule has 0 aliphatic rings. The summed E-state index contributed by atoms with van der Waals surface area (Å²) >= 11 is 0. The maximum Gasteiger partial charge on any atom is 0.472 e. The summed E-state index contributed by atoms with van der Waals surface area (Å²) in [5, 5.41) is 9.81. The van der Waals surface area contributed by atoms with Crippen LogP contribution in [0.3, 0.4) is 0 Å². The quantitative estimate of drug-likeness (QED) is 0.0197. The number of carbonyl (C=O) groups is 3. The monoisotopic (exact) mass is 1030 g/mol. The molecule has 3 atom stereocenters. The summed E-state index contributed by atoms with van der Waals surface area (Å²) in [7, 11) is -4.76. The van der Waals surface area contributed by atoms with Gasteiger partial charge in [0.15, 0.2) is 6.10 Å². The van der Waals surface area contributed by atoms with E-state index in [1.807, 2.05) is 0 Å². The molecule has 414 valence electrons. The molecule has 0 heterocycles. The minimum atomic E-state index is -4.76. The third-order valence-electron chi connectivity index (χ3n) is 11.8. The number of hydrogen-bond acceptors (Lipinski definition) is 10. The standard InChI is InChI=1S/C60H103O11P/c1-4-7-10-13-16-19-22-25-27-28-30-33-36-39-42-45-48-51-60(64)71-57(53-67-58(62)49-46-43-40-37-34-31-24-21-18-15-12-9-6-3)55-69-72(65,66)68-54-56(52-61)70-59(63)50-47-44-41-38-35-32-29-26-23-20-17-14-11-8-5-2/h7,10,12,15-17,19-21,24-27,29,56-57,61H,4-6,8-9,11,13-14,18,22-23,28,30-55H2,1-3H3,(H,65,66)/b10-7-,15-12-,19-16-,20-17-,24-21-,27-25-,29-26-. The van der Waals surface area contributed by atoms with E-state index in [9.17, 15) is 28.9 Å². The number of esters is 3. The van der Waals surface area contributed by atoms with Gasteiger partial charge in [-0.05, 0) is 109 Å². The van der Waals surface area contributed by atoms with E-state index in [2.05, 4.69) is 106 Å². The van der Waals surface area contributed by atoms with Crippen molar-refractivity contribution in [3.63, 3.8) is 0 Å². The van der Waals surface area contributed by atoms with Crippen molar-refractivity contribution in [3.05, 3.63) is 85.1 Å². The van der Waals surface area contributed by atoms with E-state index in [1.54, 1.807) is 0 Å². The van der Waals surface area contributed by atoms with Crippen molar-refractivity contribution in [2.24, 2.45) is 0 Å². The van der Waals surface area contributed by atoms with Crippen molar-refractivity contribution in [2.75, 3.05) is 26.4 Å². The van der Waals surface area contributed by atoms with Gasteiger partial charge in [-0.2, -0.15) is 0 Å². The smallest absolute Gasteiger partial charge is 0.462 e. The third kappa shape index (κ3) is 51.6. The van der Waals surface area contributed by atoms with Gasteiger partial charge in [-0.25, -0.2) is 4.57 Å².